The lowest BCUT2D eigenvalue weighted by molar-refractivity contribution is -0.141. The zero-order valence-electron chi connectivity index (χ0n) is 13.8. The first-order valence-electron chi connectivity index (χ1n) is 7.60. The van der Waals surface area contributed by atoms with Crippen LogP contribution in [0.5, 0.6) is 0 Å². The Morgan fingerprint density at radius 3 is 2.26 bits per heavy atom. The molecule has 1 aromatic carbocycles. The van der Waals surface area contributed by atoms with Gasteiger partial charge in [-0.15, -0.1) is 0 Å². The van der Waals surface area contributed by atoms with Gasteiger partial charge in [0, 0.05) is 25.2 Å². The van der Waals surface area contributed by atoms with Crippen LogP contribution < -0.4 is 5.32 Å². The fourth-order valence-electron chi connectivity index (χ4n) is 2.44. The average molecular weight is 386 g/mol. The van der Waals surface area contributed by atoms with Gasteiger partial charge >= 0.3 is 6.18 Å². The molecule has 10 heteroatoms. The molecule has 27 heavy (non-hydrogen) atoms. The Hall–Kier alpha value is -3.04. The first-order valence-corrected chi connectivity index (χ1v) is 7.60. The van der Waals surface area contributed by atoms with Gasteiger partial charge in [0.2, 0.25) is 0 Å². The third-order valence-corrected chi connectivity index (χ3v) is 3.79. The summed E-state index contributed by atoms with van der Waals surface area (Å²) in [5.41, 5.74) is -1.78. The molecule has 0 saturated carbocycles. The van der Waals surface area contributed by atoms with Crippen LogP contribution in [-0.4, -0.2) is 14.8 Å². The van der Waals surface area contributed by atoms with Gasteiger partial charge in [-0.05, 0) is 18.2 Å². The molecular formula is C17H12F6N4. The monoisotopic (exact) mass is 386 g/mol. The molecule has 0 atom stereocenters. The molecule has 2 heterocycles. The molecule has 0 fully saturated rings. The van der Waals surface area contributed by atoms with E-state index in [1.54, 1.807) is 0 Å². The molecule has 0 bridgehead atoms. The number of nitrogens with zero attached hydrogens (tertiary/aromatic N) is 3. The standard InChI is InChI=1S/C17H12F6N4/c1-27-14(6-15(26-27)17(21,22)23)16-13(20)5-9(7-25-16)24-8-10-11(18)3-2-4-12(10)19/h2-7,24H,8H2,1H3. The topological polar surface area (TPSA) is 42.7 Å². The smallest absolute Gasteiger partial charge is 0.379 e. The van der Waals surface area contributed by atoms with Gasteiger partial charge in [0.05, 0.1) is 17.6 Å². The van der Waals surface area contributed by atoms with Gasteiger partial charge in [0.1, 0.15) is 17.3 Å². The van der Waals surface area contributed by atoms with E-state index in [4.69, 9.17) is 0 Å². The zero-order chi connectivity index (χ0) is 19.8. The summed E-state index contributed by atoms with van der Waals surface area (Å²) >= 11 is 0. The number of aromatic nitrogens is 3. The summed E-state index contributed by atoms with van der Waals surface area (Å²) in [5, 5.41) is 5.92. The van der Waals surface area contributed by atoms with E-state index in [-0.39, 0.29) is 29.2 Å². The molecular weight excluding hydrogens is 374 g/mol. The molecule has 142 valence electrons. The van der Waals surface area contributed by atoms with Gasteiger partial charge in [-0.3, -0.25) is 4.68 Å². The highest BCUT2D eigenvalue weighted by Crippen LogP contribution is 2.32. The number of halogens is 6. The molecule has 0 aliphatic rings. The van der Waals surface area contributed by atoms with Crippen LogP contribution in [0.15, 0.2) is 36.5 Å². The minimum atomic E-state index is -4.67. The number of alkyl halides is 3. The van der Waals surface area contributed by atoms with Crippen molar-refractivity contribution < 1.29 is 26.3 Å². The number of aryl methyl sites for hydroxylation is 1. The van der Waals surface area contributed by atoms with Crippen LogP contribution in [0.25, 0.3) is 11.4 Å². The van der Waals surface area contributed by atoms with Crippen molar-refractivity contribution in [1.29, 1.82) is 0 Å². The number of hydrogen-bond donors (Lipinski definition) is 1. The molecule has 1 N–H and O–H groups in total. The predicted octanol–water partition coefficient (Wildman–Crippen LogP) is 4.53. The molecule has 3 rings (SSSR count). The van der Waals surface area contributed by atoms with E-state index < -0.39 is 29.3 Å². The Kier molecular flexibility index (Phi) is 4.81. The van der Waals surface area contributed by atoms with Crippen molar-refractivity contribution in [3.8, 4) is 11.4 Å². The highest BCUT2D eigenvalue weighted by molar-refractivity contribution is 5.59. The van der Waals surface area contributed by atoms with Gasteiger partial charge in [-0.2, -0.15) is 18.3 Å². The highest BCUT2D eigenvalue weighted by Gasteiger charge is 2.35. The van der Waals surface area contributed by atoms with Crippen LogP contribution in [-0.2, 0) is 19.8 Å². The number of rotatable bonds is 4. The van der Waals surface area contributed by atoms with Crippen LogP contribution in [0, 0.1) is 17.5 Å². The number of pyridine rings is 1. The second-order valence-corrected chi connectivity index (χ2v) is 5.64. The molecule has 0 unspecified atom stereocenters. The molecule has 0 amide bonds. The van der Waals surface area contributed by atoms with Gasteiger partial charge in [0.15, 0.2) is 11.5 Å². The number of anilines is 1. The van der Waals surface area contributed by atoms with Crippen LogP contribution in [0.3, 0.4) is 0 Å². The number of nitrogens with one attached hydrogen (secondary N) is 1. The maximum absolute atomic E-state index is 14.3. The van der Waals surface area contributed by atoms with Crippen molar-refractivity contribution in [1.82, 2.24) is 14.8 Å². The maximum atomic E-state index is 14.3. The first-order chi connectivity index (χ1) is 12.7. The molecule has 3 aromatic rings. The van der Waals surface area contributed by atoms with Crippen LogP contribution >= 0.6 is 0 Å². The Balaban J connectivity index is 1.83. The second kappa shape index (κ2) is 6.93. The Labute approximate surface area is 149 Å². The van der Waals surface area contributed by atoms with E-state index in [9.17, 15) is 26.3 Å². The van der Waals surface area contributed by atoms with E-state index in [1.807, 2.05) is 0 Å². The zero-order valence-corrected chi connectivity index (χ0v) is 13.8. The summed E-state index contributed by atoms with van der Waals surface area (Å²) in [4.78, 5) is 3.81. The summed E-state index contributed by atoms with van der Waals surface area (Å²) in [7, 11) is 1.23. The van der Waals surface area contributed by atoms with Crippen LogP contribution in [0.2, 0.25) is 0 Å². The molecule has 0 spiro atoms. The van der Waals surface area contributed by atoms with E-state index in [1.165, 1.54) is 13.1 Å². The lowest BCUT2D eigenvalue weighted by atomic mass is 10.2. The maximum Gasteiger partial charge on any atom is 0.435 e. The van der Waals surface area contributed by atoms with Gasteiger partial charge in [-0.25, -0.2) is 18.2 Å². The van der Waals surface area contributed by atoms with Gasteiger partial charge in [0.25, 0.3) is 0 Å². The van der Waals surface area contributed by atoms with Crippen molar-refractivity contribution >= 4 is 5.69 Å². The summed E-state index contributed by atoms with van der Waals surface area (Å²) in [6.07, 6.45) is -3.52. The van der Waals surface area contributed by atoms with Gasteiger partial charge in [-0.1, -0.05) is 6.07 Å². The second-order valence-electron chi connectivity index (χ2n) is 5.64. The van der Waals surface area contributed by atoms with Crippen molar-refractivity contribution in [2.45, 2.75) is 12.7 Å². The summed E-state index contributed by atoms with van der Waals surface area (Å²) in [6, 6.07) is 5.05. The van der Waals surface area contributed by atoms with Crippen molar-refractivity contribution in [3.63, 3.8) is 0 Å². The first kappa shape index (κ1) is 18.7. The fourth-order valence-corrected chi connectivity index (χ4v) is 2.44. The largest absolute Gasteiger partial charge is 0.435 e. The highest BCUT2D eigenvalue weighted by atomic mass is 19.4. The Morgan fingerprint density at radius 1 is 1.04 bits per heavy atom. The fraction of sp³-hybridized carbons (Fsp3) is 0.176. The van der Waals surface area contributed by atoms with E-state index in [2.05, 4.69) is 15.4 Å². The molecule has 2 aromatic heterocycles. The third kappa shape index (κ3) is 3.88. The summed E-state index contributed by atoms with van der Waals surface area (Å²) in [6.45, 7) is -0.261. The lowest BCUT2D eigenvalue weighted by Crippen LogP contribution is -2.06. The molecule has 0 aliphatic heterocycles. The average Bonchev–Trinajstić information content (AvgIpc) is 2.96. The quantitative estimate of drug-likeness (QED) is 0.670. The Bertz CT molecular complexity index is 960. The lowest BCUT2D eigenvalue weighted by Gasteiger charge is -2.10. The van der Waals surface area contributed by atoms with Gasteiger partial charge < -0.3 is 5.32 Å². The minimum Gasteiger partial charge on any atom is -0.379 e. The number of hydrogen-bond acceptors (Lipinski definition) is 3. The van der Waals surface area contributed by atoms with Crippen molar-refractivity contribution in [2.24, 2.45) is 7.05 Å². The molecule has 0 radical (unpaired) electrons. The summed E-state index contributed by atoms with van der Waals surface area (Å²) in [5.74, 6) is -2.44. The van der Waals surface area contributed by atoms with E-state index in [0.29, 0.717) is 6.07 Å². The molecule has 4 nitrogen and oxygen atoms in total. The normalized spacial score (nSPS) is 11.7. The summed E-state index contributed by atoms with van der Waals surface area (Å²) < 4.78 is 80.6. The third-order valence-electron chi connectivity index (χ3n) is 3.79. The molecule has 0 aliphatic carbocycles. The van der Waals surface area contributed by atoms with Crippen LogP contribution in [0.4, 0.5) is 32.0 Å². The molecule has 0 saturated heterocycles. The number of benzene rings is 1. The minimum absolute atomic E-state index is 0.108. The predicted molar refractivity (Wildman–Crippen MR) is 85.1 cm³/mol. The van der Waals surface area contributed by atoms with E-state index >= 15 is 0 Å². The van der Waals surface area contributed by atoms with E-state index in [0.717, 1.165) is 29.1 Å². The van der Waals surface area contributed by atoms with Crippen molar-refractivity contribution in [2.75, 3.05) is 5.32 Å². The SMILES string of the molecule is Cn1nc(C(F)(F)F)cc1-c1ncc(NCc2c(F)cccc2F)cc1F. The van der Waals surface area contributed by atoms with Crippen LogP contribution in [0.1, 0.15) is 11.3 Å². The van der Waals surface area contributed by atoms with Crippen molar-refractivity contribution in [3.05, 3.63) is 65.2 Å². The Morgan fingerprint density at radius 2 is 1.70 bits per heavy atom.